The Morgan fingerprint density at radius 1 is 1.06 bits per heavy atom. The van der Waals surface area contributed by atoms with E-state index in [-0.39, 0.29) is 12.8 Å². The van der Waals surface area contributed by atoms with Gasteiger partial charge in [-0.2, -0.15) is 0 Å². The molecule has 0 bridgehead atoms. The molecule has 0 radical (unpaired) electrons. The molecule has 2 aromatic rings. The zero-order chi connectivity index (χ0) is 26.8. The largest absolute Gasteiger partial charge is 0.479 e. The highest BCUT2D eigenvalue weighted by Crippen LogP contribution is 2.51. The number of halogens is 2. The van der Waals surface area contributed by atoms with Crippen molar-refractivity contribution >= 4 is 41.0 Å². The van der Waals surface area contributed by atoms with Crippen LogP contribution in [0.5, 0.6) is 0 Å². The summed E-state index contributed by atoms with van der Waals surface area (Å²) in [4.78, 5) is 40.8. The summed E-state index contributed by atoms with van der Waals surface area (Å²) in [6.45, 7) is 7.10. The number of rotatable bonds is 7. The molecule has 36 heavy (non-hydrogen) atoms. The first-order valence-electron chi connectivity index (χ1n) is 11.7. The first-order valence-corrected chi connectivity index (χ1v) is 12.4. The first-order chi connectivity index (χ1) is 16.9. The highest BCUT2D eigenvalue weighted by atomic mass is 35.5. The number of carboxylic acid groups (broad SMARTS) is 1. The molecule has 0 saturated carbocycles. The molecule has 1 saturated heterocycles. The minimum absolute atomic E-state index is 0.120. The number of esters is 1. The Kier molecular flexibility index (Phi) is 8.38. The summed E-state index contributed by atoms with van der Waals surface area (Å²) >= 11 is 12.5. The van der Waals surface area contributed by atoms with Crippen molar-refractivity contribution in [3.8, 4) is 0 Å². The number of amides is 1. The van der Waals surface area contributed by atoms with E-state index in [1.54, 1.807) is 76.2 Å². The molecular weight excluding hydrogens is 505 g/mol. The van der Waals surface area contributed by atoms with E-state index >= 15 is 0 Å². The molecule has 0 spiro atoms. The molecule has 0 unspecified atom stereocenters. The van der Waals surface area contributed by atoms with Gasteiger partial charge in [0.1, 0.15) is 17.7 Å². The molecule has 4 atom stereocenters. The van der Waals surface area contributed by atoms with Gasteiger partial charge in [0.05, 0.1) is 19.6 Å². The van der Waals surface area contributed by atoms with Gasteiger partial charge in [-0.05, 0) is 47.2 Å². The van der Waals surface area contributed by atoms with Gasteiger partial charge in [-0.25, -0.2) is 4.79 Å². The van der Waals surface area contributed by atoms with E-state index in [0.29, 0.717) is 21.2 Å². The van der Waals surface area contributed by atoms with E-state index in [1.807, 2.05) is 0 Å². The van der Waals surface area contributed by atoms with E-state index in [0.717, 1.165) is 0 Å². The molecule has 3 rings (SSSR count). The van der Waals surface area contributed by atoms with Crippen LogP contribution in [0.15, 0.2) is 48.5 Å². The second-order valence-electron chi connectivity index (χ2n) is 9.85. The van der Waals surface area contributed by atoms with Gasteiger partial charge in [-0.1, -0.05) is 75.2 Å². The maximum atomic E-state index is 14.1. The molecule has 1 aliphatic heterocycles. The Morgan fingerprint density at radius 2 is 1.69 bits per heavy atom. The summed E-state index contributed by atoms with van der Waals surface area (Å²) in [6, 6.07) is 13.0. The summed E-state index contributed by atoms with van der Waals surface area (Å²) in [5.41, 5.74) is -1.25. The normalized spacial score (nSPS) is 22.1. The van der Waals surface area contributed by atoms with Gasteiger partial charge >= 0.3 is 11.9 Å². The van der Waals surface area contributed by atoms with Crippen LogP contribution in [0.4, 0.5) is 0 Å². The summed E-state index contributed by atoms with van der Waals surface area (Å²) in [7, 11) is 1.22. The number of carbonyl (C=O) groups excluding carboxylic acids is 2. The second-order valence-corrected chi connectivity index (χ2v) is 10.7. The van der Waals surface area contributed by atoms with Gasteiger partial charge in [0.15, 0.2) is 0 Å². The summed E-state index contributed by atoms with van der Waals surface area (Å²) < 4.78 is 11.1. The number of benzene rings is 2. The lowest BCUT2D eigenvalue weighted by Crippen LogP contribution is -2.69. The fourth-order valence-corrected chi connectivity index (χ4v) is 5.42. The summed E-state index contributed by atoms with van der Waals surface area (Å²) in [6.07, 6.45) is -2.32. The van der Waals surface area contributed by atoms with Crippen LogP contribution in [-0.2, 0) is 23.9 Å². The Morgan fingerprint density at radius 3 is 2.19 bits per heavy atom. The molecule has 2 aromatic carbocycles. The van der Waals surface area contributed by atoms with E-state index < -0.39 is 47.0 Å². The molecule has 0 aliphatic carbocycles. The zero-order valence-corrected chi connectivity index (χ0v) is 22.5. The fourth-order valence-electron chi connectivity index (χ4n) is 5.10. The molecule has 194 valence electrons. The maximum absolute atomic E-state index is 14.1. The van der Waals surface area contributed by atoms with E-state index in [9.17, 15) is 19.5 Å². The van der Waals surface area contributed by atoms with Gasteiger partial charge in [-0.15, -0.1) is 0 Å². The van der Waals surface area contributed by atoms with Crippen molar-refractivity contribution in [1.29, 1.82) is 0 Å². The van der Waals surface area contributed by atoms with Gasteiger partial charge < -0.3 is 19.5 Å². The van der Waals surface area contributed by atoms with Crippen LogP contribution < -0.4 is 0 Å². The smallest absolute Gasteiger partial charge is 0.330 e. The first kappa shape index (κ1) is 28.0. The third kappa shape index (κ3) is 5.10. The molecule has 0 aromatic heterocycles. The van der Waals surface area contributed by atoms with Crippen molar-refractivity contribution in [2.45, 2.75) is 64.3 Å². The van der Waals surface area contributed by atoms with E-state index in [2.05, 4.69) is 0 Å². The number of carboxylic acids is 1. The Labute approximate surface area is 221 Å². The Balaban J connectivity index is 2.36. The number of methoxy groups -OCH3 is 1. The molecular formula is C27H31Cl2NO6. The lowest BCUT2D eigenvalue weighted by Gasteiger charge is -2.56. The van der Waals surface area contributed by atoms with Crippen LogP contribution in [0.25, 0.3) is 0 Å². The van der Waals surface area contributed by atoms with Crippen LogP contribution in [0.1, 0.15) is 63.8 Å². The van der Waals surface area contributed by atoms with Crippen molar-refractivity contribution < 1.29 is 29.0 Å². The fraction of sp³-hybridized carbons (Fsp3) is 0.444. The molecule has 1 amide bonds. The number of aliphatic carboxylic acids is 1. The van der Waals surface area contributed by atoms with Crippen LogP contribution in [0.3, 0.4) is 0 Å². The third-order valence-corrected chi connectivity index (χ3v) is 7.36. The van der Waals surface area contributed by atoms with Gasteiger partial charge in [0.25, 0.3) is 5.91 Å². The topological polar surface area (TPSA) is 93.1 Å². The number of ether oxygens (including phenoxy) is 2. The van der Waals surface area contributed by atoms with Gasteiger partial charge in [0, 0.05) is 10.0 Å². The Bertz CT molecular complexity index is 1130. The van der Waals surface area contributed by atoms with Crippen molar-refractivity contribution in [1.82, 2.24) is 4.90 Å². The van der Waals surface area contributed by atoms with Crippen molar-refractivity contribution in [2.24, 2.45) is 5.41 Å². The van der Waals surface area contributed by atoms with E-state index in [4.69, 9.17) is 32.7 Å². The summed E-state index contributed by atoms with van der Waals surface area (Å²) in [5.74, 6) is -2.39. The number of nitrogens with zero attached hydrogens (tertiary/aromatic N) is 1. The lowest BCUT2D eigenvalue weighted by atomic mass is 9.68. The average Bonchev–Trinajstić information content (AvgIpc) is 2.81. The minimum atomic E-state index is -1.64. The van der Waals surface area contributed by atoms with Crippen LogP contribution in [0.2, 0.25) is 10.0 Å². The summed E-state index contributed by atoms with van der Waals surface area (Å²) in [5, 5.41) is 11.6. The van der Waals surface area contributed by atoms with Gasteiger partial charge in [0.2, 0.25) is 0 Å². The maximum Gasteiger partial charge on any atom is 0.330 e. The number of hydrogen-bond acceptors (Lipinski definition) is 5. The predicted molar refractivity (Wildman–Crippen MR) is 137 cm³/mol. The Hall–Kier alpha value is -2.61. The van der Waals surface area contributed by atoms with Crippen molar-refractivity contribution in [2.75, 3.05) is 7.11 Å². The van der Waals surface area contributed by atoms with Crippen LogP contribution >= 0.6 is 23.2 Å². The minimum Gasteiger partial charge on any atom is -0.479 e. The SMILES string of the molecule is CC[C@@](C(=O)O)(N1C(=O)[C@H](CC(=O)OC)O[C@H](c2cccc(Cl)c2)[C@H]1c1ccc(Cl)cc1)C(C)(C)C. The third-order valence-electron chi connectivity index (χ3n) is 6.87. The lowest BCUT2D eigenvalue weighted by molar-refractivity contribution is -0.207. The quantitative estimate of drug-likeness (QED) is 0.447. The highest BCUT2D eigenvalue weighted by molar-refractivity contribution is 6.30. The standard InChI is InChI=1S/C27H31Cl2NO6/c1-6-27(25(33)34,26(2,3)4)30-22(16-10-12-18(28)13-11-16)23(17-8-7-9-19(29)14-17)36-20(24(30)32)15-21(31)35-5/h7-14,20,22-23H,6,15H2,1-5H3,(H,33,34)/t20-,22+,23+,27-/m0/s1. The number of morpholine rings is 1. The molecule has 1 heterocycles. The van der Waals surface area contributed by atoms with Crippen LogP contribution in [0, 0.1) is 5.41 Å². The van der Waals surface area contributed by atoms with Gasteiger partial charge in [-0.3, -0.25) is 9.59 Å². The molecule has 7 nitrogen and oxygen atoms in total. The predicted octanol–water partition coefficient (Wildman–Crippen LogP) is 5.85. The van der Waals surface area contributed by atoms with Crippen molar-refractivity contribution in [3.63, 3.8) is 0 Å². The monoisotopic (exact) mass is 535 g/mol. The second kappa shape index (κ2) is 10.8. The zero-order valence-electron chi connectivity index (χ0n) is 21.0. The van der Waals surface area contributed by atoms with Crippen LogP contribution in [-0.4, -0.2) is 46.6 Å². The van der Waals surface area contributed by atoms with Crippen molar-refractivity contribution in [3.05, 3.63) is 69.7 Å². The molecule has 1 N–H and O–H groups in total. The molecule has 9 heteroatoms. The highest BCUT2D eigenvalue weighted by Gasteiger charge is 2.60. The average molecular weight is 536 g/mol. The van der Waals surface area contributed by atoms with E-state index in [1.165, 1.54) is 12.0 Å². The molecule has 1 aliphatic rings. The number of carbonyl (C=O) groups is 3. The number of hydrogen-bond donors (Lipinski definition) is 1. The molecule has 1 fully saturated rings.